The first-order chi connectivity index (χ1) is 9.74. The maximum atomic E-state index is 11.8. The lowest BCUT2D eigenvalue weighted by atomic mass is 10.1. The highest BCUT2D eigenvalue weighted by Gasteiger charge is 2.16. The van der Waals surface area contributed by atoms with Crippen LogP contribution in [0.4, 0.5) is 0 Å². The number of nitrogens with zero attached hydrogens (tertiary/aromatic N) is 1. The minimum Gasteiger partial charge on any atom is -0.348 e. The Morgan fingerprint density at radius 3 is 2.38 bits per heavy atom. The van der Waals surface area contributed by atoms with Crippen LogP contribution in [0, 0.1) is 0 Å². The maximum absolute atomic E-state index is 11.8. The second kappa shape index (κ2) is 7.82. The second-order valence-corrected chi connectivity index (χ2v) is 8.24. The molecule has 0 aliphatic rings. The lowest BCUT2D eigenvalue weighted by Crippen LogP contribution is -2.38. The molecule has 1 N–H and O–H groups in total. The van der Waals surface area contributed by atoms with Crippen molar-refractivity contribution >= 4 is 27.7 Å². The van der Waals surface area contributed by atoms with Crippen molar-refractivity contribution in [1.29, 1.82) is 0 Å². The number of amides is 1. The third-order valence-electron chi connectivity index (χ3n) is 3.00. The van der Waals surface area contributed by atoms with E-state index in [1.54, 1.807) is 11.8 Å². The topological polar surface area (TPSA) is 66.5 Å². The average molecular weight is 330 g/mol. The fourth-order valence-corrected chi connectivity index (χ4v) is 2.72. The van der Waals surface area contributed by atoms with Crippen molar-refractivity contribution in [3.05, 3.63) is 29.8 Å². The summed E-state index contributed by atoms with van der Waals surface area (Å²) >= 11 is 1.76. The van der Waals surface area contributed by atoms with E-state index >= 15 is 0 Å². The Labute approximate surface area is 131 Å². The molecule has 7 heteroatoms. The first-order valence-electron chi connectivity index (χ1n) is 6.67. The van der Waals surface area contributed by atoms with Crippen molar-refractivity contribution in [2.75, 3.05) is 25.6 Å². The van der Waals surface area contributed by atoms with Crippen molar-refractivity contribution in [1.82, 2.24) is 9.62 Å². The number of nitrogens with one attached hydrogen (secondary N) is 1. The number of carbonyl (C=O) groups excluding carboxylic acids is 1. The van der Waals surface area contributed by atoms with Crippen LogP contribution in [0.25, 0.3) is 0 Å². The van der Waals surface area contributed by atoms with Gasteiger partial charge in [0, 0.05) is 11.9 Å². The van der Waals surface area contributed by atoms with Gasteiger partial charge in [-0.05, 0) is 30.4 Å². The number of hydrogen-bond donors (Lipinski definition) is 1. The number of likely N-dealkylation sites (N-methyl/N-ethyl adjacent to an activating group) is 1. The molecule has 118 valence electrons. The molecular formula is C14H22N2O3S2. The molecule has 0 unspecified atom stereocenters. The molecular weight excluding hydrogens is 308 g/mol. The highest BCUT2D eigenvalue weighted by Crippen LogP contribution is 2.20. The molecule has 1 aromatic rings. The van der Waals surface area contributed by atoms with Crippen LogP contribution in [0.5, 0.6) is 0 Å². The van der Waals surface area contributed by atoms with Gasteiger partial charge >= 0.3 is 0 Å². The quantitative estimate of drug-likeness (QED) is 0.775. The van der Waals surface area contributed by atoms with Gasteiger partial charge in [-0.3, -0.25) is 4.79 Å². The van der Waals surface area contributed by atoms with E-state index in [1.165, 1.54) is 11.9 Å². The van der Waals surface area contributed by atoms with Gasteiger partial charge in [0.1, 0.15) is 0 Å². The van der Waals surface area contributed by atoms with Crippen LogP contribution in [0.3, 0.4) is 0 Å². The summed E-state index contributed by atoms with van der Waals surface area (Å²) in [6, 6.07) is 7.84. The predicted octanol–water partition coefficient (Wildman–Crippen LogP) is 1.87. The van der Waals surface area contributed by atoms with Gasteiger partial charge < -0.3 is 5.32 Å². The molecule has 1 rings (SSSR count). The highest BCUT2D eigenvalue weighted by molar-refractivity contribution is 7.99. The van der Waals surface area contributed by atoms with Crippen molar-refractivity contribution in [2.45, 2.75) is 24.8 Å². The fraction of sp³-hybridized carbons (Fsp3) is 0.500. The molecule has 0 saturated carbocycles. The molecule has 0 saturated heterocycles. The Kier molecular flexibility index (Phi) is 6.70. The summed E-state index contributed by atoms with van der Waals surface area (Å²) in [5.74, 6) is 0.700. The molecule has 0 spiro atoms. The fourth-order valence-electron chi connectivity index (χ4n) is 1.71. The smallest absolute Gasteiger partial charge is 0.235 e. The molecule has 0 aliphatic heterocycles. The zero-order valence-electron chi connectivity index (χ0n) is 12.8. The molecule has 21 heavy (non-hydrogen) atoms. The van der Waals surface area contributed by atoms with Gasteiger partial charge in [-0.15, -0.1) is 11.8 Å². The number of hydrogen-bond acceptors (Lipinski definition) is 4. The van der Waals surface area contributed by atoms with E-state index in [-0.39, 0.29) is 18.5 Å². The van der Waals surface area contributed by atoms with Gasteiger partial charge in [0.25, 0.3) is 0 Å². The monoisotopic (exact) mass is 330 g/mol. The van der Waals surface area contributed by atoms with E-state index in [4.69, 9.17) is 0 Å². The molecule has 0 aromatic heterocycles. The number of rotatable bonds is 7. The Balaban J connectivity index is 2.60. The molecule has 0 aliphatic carbocycles. The molecule has 0 bridgehead atoms. The molecule has 5 nitrogen and oxygen atoms in total. The maximum Gasteiger partial charge on any atom is 0.235 e. The zero-order chi connectivity index (χ0) is 16.0. The summed E-state index contributed by atoms with van der Waals surface area (Å²) in [5, 5.41) is 2.80. The van der Waals surface area contributed by atoms with Gasteiger partial charge in [0.05, 0.1) is 18.8 Å². The van der Waals surface area contributed by atoms with Crippen LogP contribution < -0.4 is 5.32 Å². The van der Waals surface area contributed by atoms with Gasteiger partial charge in [0.15, 0.2) is 0 Å². The predicted molar refractivity (Wildman–Crippen MR) is 86.9 cm³/mol. The lowest BCUT2D eigenvalue weighted by molar-refractivity contribution is -0.121. The van der Waals surface area contributed by atoms with Crippen molar-refractivity contribution in [2.24, 2.45) is 0 Å². The zero-order valence-corrected chi connectivity index (χ0v) is 14.4. The summed E-state index contributed by atoms with van der Waals surface area (Å²) in [7, 11) is -1.96. The molecule has 0 radical (unpaired) electrons. The second-order valence-electron chi connectivity index (χ2n) is 4.81. The SMILES string of the molecule is CCSc1ccc([C@@H](C)NC(=O)CN(C)S(C)(=O)=O)cc1. The lowest BCUT2D eigenvalue weighted by Gasteiger charge is -2.18. The minimum atomic E-state index is -3.34. The highest BCUT2D eigenvalue weighted by atomic mass is 32.2. The Bertz CT molecular complexity index is 570. The van der Waals surface area contributed by atoms with E-state index in [0.717, 1.165) is 21.9 Å². The summed E-state index contributed by atoms with van der Waals surface area (Å²) in [6.45, 7) is 3.80. The minimum absolute atomic E-state index is 0.161. The summed E-state index contributed by atoms with van der Waals surface area (Å²) in [4.78, 5) is 13.0. The average Bonchev–Trinajstić information content (AvgIpc) is 2.38. The van der Waals surface area contributed by atoms with Gasteiger partial charge in [-0.1, -0.05) is 19.1 Å². The molecule has 1 amide bonds. The third-order valence-corrected chi connectivity index (χ3v) is 5.16. The number of thioether (sulfide) groups is 1. The molecule has 1 aromatic carbocycles. The third kappa shape index (κ3) is 6.07. The molecule has 1 atom stereocenters. The van der Waals surface area contributed by atoms with Crippen molar-refractivity contribution in [3.63, 3.8) is 0 Å². The largest absolute Gasteiger partial charge is 0.348 e. The summed E-state index contributed by atoms with van der Waals surface area (Å²) in [6.07, 6.45) is 1.08. The van der Waals surface area contributed by atoms with Crippen LogP contribution in [0.1, 0.15) is 25.5 Å². The standard InChI is InChI=1S/C14H22N2O3S2/c1-5-20-13-8-6-12(7-9-13)11(2)15-14(17)10-16(3)21(4,18)19/h6-9,11H,5,10H2,1-4H3,(H,15,17)/t11-/m1/s1. The normalized spacial score (nSPS) is 13.2. The van der Waals surface area contributed by atoms with Gasteiger partial charge in [-0.25, -0.2) is 8.42 Å². The van der Waals surface area contributed by atoms with Crippen LogP contribution >= 0.6 is 11.8 Å². The van der Waals surface area contributed by atoms with E-state index in [2.05, 4.69) is 12.2 Å². The Hall–Kier alpha value is -1.05. The van der Waals surface area contributed by atoms with Crippen LogP contribution in [0.2, 0.25) is 0 Å². The van der Waals surface area contributed by atoms with E-state index in [0.29, 0.717) is 0 Å². The Morgan fingerprint density at radius 1 is 1.33 bits per heavy atom. The number of benzene rings is 1. The molecule has 0 heterocycles. The van der Waals surface area contributed by atoms with Crippen LogP contribution in [0.15, 0.2) is 29.2 Å². The first-order valence-corrected chi connectivity index (χ1v) is 9.51. The summed E-state index contributed by atoms with van der Waals surface area (Å²) < 4.78 is 23.6. The van der Waals surface area contributed by atoms with Crippen molar-refractivity contribution in [3.8, 4) is 0 Å². The van der Waals surface area contributed by atoms with Crippen LogP contribution in [-0.4, -0.2) is 44.2 Å². The van der Waals surface area contributed by atoms with Crippen molar-refractivity contribution < 1.29 is 13.2 Å². The first kappa shape index (κ1) is 18.0. The van der Waals surface area contributed by atoms with Crippen LogP contribution in [-0.2, 0) is 14.8 Å². The van der Waals surface area contributed by atoms with E-state index in [1.807, 2.05) is 31.2 Å². The Morgan fingerprint density at radius 2 is 1.90 bits per heavy atom. The molecule has 0 fully saturated rings. The van der Waals surface area contributed by atoms with Gasteiger partial charge in [-0.2, -0.15) is 4.31 Å². The van der Waals surface area contributed by atoms with E-state index in [9.17, 15) is 13.2 Å². The number of carbonyl (C=O) groups is 1. The van der Waals surface area contributed by atoms with E-state index < -0.39 is 10.0 Å². The van der Waals surface area contributed by atoms with Gasteiger partial charge in [0.2, 0.25) is 15.9 Å². The number of sulfonamides is 1. The summed E-state index contributed by atoms with van der Waals surface area (Å²) in [5.41, 5.74) is 0.991.